The normalized spacial score (nSPS) is 12.0. The van der Waals surface area contributed by atoms with E-state index < -0.39 is 0 Å². The van der Waals surface area contributed by atoms with Crippen LogP contribution in [0.4, 0.5) is 0 Å². The predicted octanol–water partition coefficient (Wildman–Crippen LogP) is 13.7. The quantitative estimate of drug-likeness (QED) is 0.175. The summed E-state index contributed by atoms with van der Waals surface area (Å²) >= 11 is 1.73. The van der Waals surface area contributed by atoms with Gasteiger partial charge in [0.05, 0.1) is 54.9 Å². The van der Waals surface area contributed by atoms with Crippen LogP contribution >= 0.6 is 11.3 Å². The van der Waals surface area contributed by atoms with E-state index in [2.05, 4.69) is 196 Å². The molecule has 6 nitrogen and oxygen atoms in total. The predicted molar refractivity (Wildman–Crippen MR) is 249 cm³/mol. The van der Waals surface area contributed by atoms with E-state index in [0.717, 1.165) is 82.6 Å². The van der Waals surface area contributed by atoms with Gasteiger partial charge in [0, 0.05) is 49.3 Å². The molecule has 60 heavy (non-hydrogen) atoms. The summed E-state index contributed by atoms with van der Waals surface area (Å²) in [6, 6.07) is 68.9. The first kappa shape index (κ1) is 33.1. The molecule has 13 rings (SSSR count). The van der Waals surface area contributed by atoms with Gasteiger partial charge in [-0.25, -0.2) is 15.0 Å². The lowest BCUT2D eigenvalue weighted by Crippen LogP contribution is -2.03. The van der Waals surface area contributed by atoms with Crippen molar-refractivity contribution in [2.24, 2.45) is 0 Å². The maximum Gasteiger partial charge on any atom is 0.235 e. The Hall–Kier alpha value is -7.87. The fraction of sp³-hybridized carbons (Fsp3) is 0. The van der Waals surface area contributed by atoms with Crippen molar-refractivity contribution in [1.29, 1.82) is 0 Å². The smallest absolute Gasteiger partial charge is 0.235 e. The van der Waals surface area contributed by atoms with Crippen molar-refractivity contribution in [3.63, 3.8) is 0 Å². The van der Waals surface area contributed by atoms with Gasteiger partial charge in [-0.1, -0.05) is 139 Å². The van der Waals surface area contributed by atoms with Gasteiger partial charge in [-0.2, -0.15) is 0 Å². The van der Waals surface area contributed by atoms with Gasteiger partial charge < -0.3 is 4.57 Å². The van der Waals surface area contributed by atoms with Crippen LogP contribution in [-0.2, 0) is 0 Å². The lowest BCUT2D eigenvalue weighted by atomic mass is 10.0. The van der Waals surface area contributed by atoms with E-state index in [1.165, 1.54) is 26.5 Å². The highest BCUT2D eigenvalue weighted by atomic mass is 32.1. The molecule has 5 aromatic heterocycles. The van der Waals surface area contributed by atoms with Crippen LogP contribution in [0.3, 0.4) is 0 Å². The monoisotopic (exact) mass is 784 g/mol. The molecule has 7 heteroatoms. The van der Waals surface area contributed by atoms with Crippen molar-refractivity contribution in [3.05, 3.63) is 194 Å². The minimum Gasteiger partial charge on any atom is -0.309 e. The van der Waals surface area contributed by atoms with Gasteiger partial charge in [-0.05, 0) is 66.7 Å². The van der Waals surface area contributed by atoms with Crippen LogP contribution in [0.2, 0.25) is 0 Å². The summed E-state index contributed by atoms with van der Waals surface area (Å²) < 4.78 is 8.14. The van der Waals surface area contributed by atoms with Crippen LogP contribution in [0.25, 0.3) is 115 Å². The summed E-state index contributed by atoms with van der Waals surface area (Å²) in [5.74, 6) is 0.643. The van der Waals surface area contributed by atoms with Gasteiger partial charge >= 0.3 is 0 Å². The number of thiazole rings is 1. The molecule has 0 spiro atoms. The number of para-hydroxylation sites is 5. The van der Waals surface area contributed by atoms with E-state index in [0.29, 0.717) is 5.95 Å². The minimum absolute atomic E-state index is 0.643. The van der Waals surface area contributed by atoms with Crippen molar-refractivity contribution in [2.75, 3.05) is 0 Å². The highest BCUT2D eigenvalue weighted by Crippen LogP contribution is 2.43. The summed E-state index contributed by atoms with van der Waals surface area (Å²) in [5.41, 5.74) is 13.8. The molecule has 0 aliphatic rings. The third-order valence-electron chi connectivity index (χ3n) is 11.9. The first-order valence-corrected chi connectivity index (χ1v) is 20.9. The first-order chi connectivity index (χ1) is 29.8. The second kappa shape index (κ2) is 12.8. The van der Waals surface area contributed by atoms with Crippen LogP contribution < -0.4 is 0 Å². The Bertz CT molecular complexity index is 3830. The number of rotatable bonds is 5. The van der Waals surface area contributed by atoms with Crippen molar-refractivity contribution >= 4 is 81.0 Å². The highest BCUT2D eigenvalue weighted by molar-refractivity contribution is 7.23. The standard InChI is InChI=1S/C53H32N6S/c1-3-15-33(16-4-1)49-39-21-7-10-22-42(39)54-52(55-49)58-44-24-12-9-20-38(44)40-31-34(27-29-46(40)58)50-51(59-47-25-13-14-26-48(47)60-53(59)56-50)35-28-30-45-41(32-35)37-19-8-11-23-43(37)57(45)36-17-5-2-6-18-36/h1-32H. The third kappa shape index (κ3) is 4.84. The summed E-state index contributed by atoms with van der Waals surface area (Å²) in [5, 5.41) is 5.70. The van der Waals surface area contributed by atoms with Crippen LogP contribution in [0.1, 0.15) is 0 Å². The molecular formula is C53H32N6S. The zero-order valence-corrected chi connectivity index (χ0v) is 32.9. The molecule has 0 bridgehead atoms. The number of imidazole rings is 1. The molecular weight excluding hydrogens is 753 g/mol. The molecule has 5 heterocycles. The third-order valence-corrected chi connectivity index (χ3v) is 12.9. The minimum atomic E-state index is 0.643. The van der Waals surface area contributed by atoms with Crippen molar-refractivity contribution < 1.29 is 0 Å². The molecule has 0 unspecified atom stereocenters. The van der Waals surface area contributed by atoms with Crippen LogP contribution in [0.5, 0.6) is 0 Å². The molecule has 0 saturated heterocycles. The van der Waals surface area contributed by atoms with Crippen molar-refractivity contribution in [3.8, 4) is 45.4 Å². The Balaban J connectivity index is 1.05. The number of hydrogen-bond donors (Lipinski definition) is 0. The number of nitrogens with zero attached hydrogens (tertiary/aromatic N) is 6. The second-order valence-electron chi connectivity index (χ2n) is 15.3. The van der Waals surface area contributed by atoms with Gasteiger partial charge in [0.1, 0.15) is 0 Å². The molecule has 13 aromatic rings. The van der Waals surface area contributed by atoms with Gasteiger partial charge in [0.25, 0.3) is 0 Å². The van der Waals surface area contributed by atoms with Crippen LogP contribution in [-0.4, -0.2) is 28.5 Å². The molecule has 0 radical (unpaired) electrons. The molecule has 0 atom stereocenters. The Morgan fingerprint density at radius 3 is 1.70 bits per heavy atom. The van der Waals surface area contributed by atoms with E-state index in [1.54, 1.807) is 11.3 Å². The van der Waals surface area contributed by atoms with E-state index in [9.17, 15) is 0 Å². The van der Waals surface area contributed by atoms with Gasteiger partial charge in [-0.3, -0.25) is 8.97 Å². The molecule has 0 saturated carbocycles. The van der Waals surface area contributed by atoms with E-state index in [-0.39, 0.29) is 0 Å². The number of fused-ring (bicyclic) bond motifs is 10. The zero-order valence-electron chi connectivity index (χ0n) is 32.1. The maximum atomic E-state index is 5.47. The lowest BCUT2D eigenvalue weighted by Gasteiger charge is -2.12. The van der Waals surface area contributed by atoms with Crippen molar-refractivity contribution in [2.45, 2.75) is 0 Å². The Kier molecular flexibility index (Phi) is 7.08. The molecule has 0 aliphatic carbocycles. The first-order valence-electron chi connectivity index (χ1n) is 20.1. The molecule has 0 fully saturated rings. The van der Waals surface area contributed by atoms with Gasteiger partial charge in [-0.15, -0.1) is 0 Å². The maximum absolute atomic E-state index is 5.47. The Morgan fingerprint density at radius 1 is 0.367 bits per heavy atom. The fourth-order valence-corrected chi connectivity index (χ4v) is 10.3. The van der Waals surface area contributed by atoms with Crippen molar-refractivity contribution in [1.82, 2.24) is 28.5 Å². The SMILES string of the molecule is c1ccc(-c2nc(-n3c4ccccc4c4cc(-c5nc6sc7ccccc7n6c5-c5ccc6c(c5)c5ccccc5n6-c5ccccc5)ccc43)nc3ccccc23)cc1. The summed E-state index contributed by atoms with van der Waals surface area (Å²) in [4.78, 5) is 16.9. The Morgan fingerprint density at radius 2 is 0.933 bits per heavy atom. The number of benzene rings is 8. The topological polar surface area (TPSA) is 52.9 Å². The van der Waals surface area contributed by atoms with Gasteiger partial charge in [0.15, 0.2) is 4.96 Å². The second-order valence-corrected chi connectivity index (χ2v) is 16.3. The molecule has 280 valence electrons. The van der Waals surface area contributed by atoms with Crippen LogP contribution in [0.15, 0.2) is 194 Å². The largest absolute Gasteiger partial charge is 0.309 e. The highest BCUT2D eigenvalue weighted by Gasteiger charge is 2.24. The van der Waals surface area contributed by atoms with E-state index in [1.807, 2.05) is 12.1 Å². The average Bonchev–Trinajstić information content (AvgIpc) is 4.05. The van der Waals surface area contributed by atoms with Gasteiger partial charge in [0.2, 0.25) is 5.95 Å². The summed E-state index contributed by atoms with van der Waals surface area (Å²) in [6.07, 6.45) is 0. The average molecular weight is 785 g/mol. The zero-order chi connectivity index (χ0) is 39.3. The van der Waals surface area contributed by atoms with E-state index in [4.69, 9.17) is 15.0 Å². The summed E-state index contributed by atoms with van der Waals surface area (Å²) in [6.45, 7) is 0. The number of hydrogen-bond acceptors (Lipinski definition) is 4. The fourth-order valence-electron chi connectivity index (χ4n) is 9.28. The molecule has 8 aromatic carbocycles. The van der Waals surface area contributed by atoms with Crippen LogP contribution in [0, 0.1) is 0 Å². The molecule has 0 aliphatic heterocycles. The Labute approximate surface area is 347 Å². The number of aromatic nitrogens is 6. The lowest BCUT2D eigenvalue weighted by molar-refractivity contribution is 1.01. The summed E-state index contributed by atoms with van der Waals surface area (Å²) in [7, 11) is 0. The molecule has 0 N–H and O–H groups in total. The van der Waals surface area contributed by atoms with E-state index >= 15 is 0 Å². The molecule has 0 amide bonds.